The predicted octanol–water partition coefficient (Wildman–Crippen LogP) is 1.93. The van der Waals surface area contributed by atoms with Gasteiger partial charge >= 0.3 is 5.97 Å². The molecule has 15 heavy (non-hydrogen) atoms. The minimum atomic E-state index is -0.552. The number of aromatic nitrogens is 2. The van der Waals surface area contributed by atoms with Gasteiger partial charge in [-0.15, -0.1) is 0 Å². The molecule has 0 unspecified atom stereocenters. The van der Waals surface area contributed by atoms with Crippen LogP contribution in [-0.2, 0) is 10.2 Å². The number of carbonyl (C=O) groups excluding carboxylic acids is 1. The molecule has 0 aliphatic heterocycles. The van der Waals surface area contributed by atoms with Crippen molar-refractivity contribution >= 4 is 5.97 Å². The largest absolute Gasteiger partial charge is 0.457 e. The summed E-state index contributed by atoms with van der Waals surface area (Å²) in [4.78, 5) is 15.4. The number of hydrogen-bond acceptors (Lipinski definition) is 5. The first-order valence-electron chi connectivity index (χ1n) is 4.86. The number of carbonyl (C=O) groups is 1. The van der Waals surface area contributed by atoms with Gasteiger partial charge in [-0.1, -0.05) is 20.8 Å². The van der Waals surface area contributed by atoms with Gasteiger partial charge in [0.25, 0.3) is 5.82 Å². The van der Waals surface area contributed by atoms with E-state index >= 15 is 0 Å². The molecular formula is C10H16N2O3. The lowest BCUT2D eigenvalue weighted by molar-refractivity contribution is 0.0360. The van der Waals surface area contributed by atoms with Crippen molar-refractivity contribution in [3.8, 4) is 0 Å². The first-order chi connectivity index (χ1) is 6.80. The van der Waals surface area contributed by atoms with Gasteiger partial charge in [-0.2, -0.15) is 4.98 Å². The van der Waals surface area contributed by atoms with Gasteiger partial charge in [0.2, 0.25) is 5.89 Å². The third kappa shape index (κ3) is 3.04. The van der Waals surface area contributed by atoms with Crippen molar-refractivity contribution in [2.24, 2.45) is 0 Å². The van der Waals surface area contributed by atoms with Crippen LogP contribution in [0.15, 0.2) is 4.52 Å². The predicted molar refractivity (Wildman–Crippen MR) is 53.5 cm³/mol. The average molecular weight is 212 g/mol. The fourth-order valence-electron chi connectivity index (χ4n) is 0.878. The summed E-state index contributed by atoms with van der Waals surface area (Å²) in [5.74, 6) is -0.143. The minimum absolute atomic E-state index is 0.0198. The number of hydrogen-bond donors (Lipinski definition) is 0. The Bertz CT molecular complexity index is 350. The molecule has 0 saturated carbocycles. The van der Waals surface area contributed by atoms with Crippen LogP contribution in [0, 0.1) is 0 Å². The minimum Gasteiger partial charge on any atom is -0.457 e. The van der Waals surface area contributed by atoms with Gasteiger partial charge in [-0.05, 0) is 19.0 Å². The summed E-state index contributed by atoms with van der Waals surface area (Å²) >= 11 is 0. The molecule has 5 nitrogen and oxygen atoms in total. The Balaban J connectivity index is 2.81. The fraction of sp³-hybridized carbons (Fsp3) is 0.700. The Hall–Kier alpha value is -1.39. The zero-order valence-electron chi connectivity index (χ0n) is 9.70. The van der Waals surface area contributed by atoms with Crippen LogP contribution in [0.5, 0.6) is 0 Å². The molecule has 0 bridgehead atoms. The van der Waals surface area contributed by atoms with Crippen LogP contribution in [-0.4, -0.2) is 22.2 Å². The highest BCUT2D eigenvalue weighted by Gasteiger charge is 2.25. The quantitative estimate of drug-likeness (QED) is 0.701. The lowest BCUT2D eigenvalue weighted by Crippen LogP contribution is -2.15. The maximum Gasteiger partial charge on any atom is 0.380 e. The second-order valence-electron chi connectivity index (χ2n) is 4.63. The topological polar surface area (TPSA) is 65.2 Å². The monoisotopic (exact) mass is 212 g/mol. The van der Waals surface area contributed by atoms with Crippen molar-refractivity contribution in [3.63, 3.8) is 0 Å². The Labute approximate surface area is 88.8 Å². The summed E-state index contributed by atoms with van der Waals surface area (Å²) in [6.07, 6.45) is -0.186. The normalized spacial score (nSPS) is 11.9. The number of ether oxygens (including phenoxy) is 1. The van der Waals surface area contributed by atoms with Gasteiger partial charge in [-0.3, -0.25) is 0 Å². The molecule has 0 fully saturated rings. The summed E-state index contributed by atoms with van der Waals surface area (Å²) in [5, 5.41) is 3.57. The molecule has 5 heteroatoms. The lowest BCUT2D eigenvalue weighted by Gasteiger charge is -2.10. The molecule has 0 aromatic carbocycles. The maximum absolute atomic E-state index is 11.4. The molecule has 0 N–H and O–H groups in total. The van der Waals surface area contributed by atoms with Crippen molar-refractivity contribution in [1.29, 1.82) is 0 Å². The van der Waals surface area contributed by atoms with E-state index in [9.17, 15) is 4.79 Å². The van der Waals surface area contributed by atoms with Crippen LogP contribution in [0.3, 0.4) is 0 Å². The Morgan fingerprint density at radius 2 is 2.00 bits per heavy atom. The van der Waals surface area contributed by atoms with Crippen LogP contribution >= 0.6 is 0 Å². The zero-order chi connectivity index (χ0) is 11.6. The molecule has 1 heterocycles. The Kier molecular flexibility index (Phi) is 3.12. The van der Waals surface area contributed by atoms with E-state index in [-0.39, 0.29) is 17.3 Å². The van der Waals surface area contributed by atoms with E-state index in [1.807, 2.05) is 20.8 Å². The smallest absolute Gasteiger partial charge is 0.380 e. The zero-order valence-corrected chi connectivity index (χ0v) is 9.70. The highest BCUT2D eigenvalue weighted by molar-refractivity contribution is 5.84. The molecule has 1 rings (SSSR count). The van der Waals surface area contributed by atoms with Crippen molar-refractivity contribution in [3.05, 3.63) is 11.7 Å². The Morgan fingerprint density at radius 3 is 2.40 bits per heavy atom. The van der Waals surface area contributed by atoms with Gasteiger partial charge in [0.05, 0.1) is 6.10 Å². The van der Waals surface area contributed by atoms with E-state index in [1.165, 1.54) is 0 Å². The third-order valence-electron chi connectivity index (χ3n) is 1.59. The van der Waals surface area contributed by atoms with E-state index in [1.54, 1.807) is 13.8 Å². The van der Waals surface area contributed by atoms with E-state index in [2.05, 4.69) is 10.1 Å². The van der Waals surface area contributed by atoms with Gasteiger partial charge in [0.1, 0.15) is 0 Å². The van der Waals surface area contributed by atoms with Gasteiger partial charge in [-0.25, -0.2) is 4.79 Å². The van der Waals surface area contributed by atoms with Gasteiger partial charge in [0, 0.05) is 5.41 Å². The molecule has 0 atom stereocenters. The molecule has 0 spiro atoms. The van der Waals surface area contributed by atoms with Crippen LogP contribution in [0.25, 0.3) is 0 Å². The van der Waals surface area contributed by atoms with Crippen molar-refractivity contribution in [2.45, 2.75) is 46.1 Å². The first-order valence-corrected chi connectivity index (χ1v) is 4.86. The summed E-state index contributed by atoms with van der Waals surface area (Å²) in [6, 6.07) is 0. The fourth-order valence-corrected chi connectivity index (χ4v) is 0.878. The van der Waals surface area contributed by atoms with E-state index in [0.717, 1.165) is 0 Å². The van der Waals surface area contributed by atoms with Crippen molar-refractivity contribution in [1.82, 2.24) is 10.1 Å². The number of nitrogens with zero attached hydrogens (tertiary/aromatic N) is 2. The van der Waals surface area contributed by atoms with Gasteiger partial charge in [0.15, 0.2) is 0 Å². The van der Waals surface area contributed by atoms with E-state index in [0.29, 0.717) is 5.89 Å². The van der Waals surface area contributed by atoms with Crippen molar-refractivity contribution < 1.29 is 14.1 Å². The summed E-state index contributed by atoms with van der Waals surface area (Å²) in [5.41, 5.74) is -0.261. The second-order valence-corrected chi connectivity index (χ2v) is 4.63. The molecule has 84 valence electrons. The van der Waals surface area contributed by atoms with Gasteiger partial charge < -0.3 is 9.26 Å². The second kappa shape index (κ2) is 4.00. The van der Waals surface area contributed by atoms with E-state index < -0.39 is 5.97 Å². The summed E-state index contributed by atoms with van der Waals surface area (Å²) in [7, 11) is 0. The number of esters is 1. The Morgan fingerprint density at radius 1 is 1.40 bits per heavy atom. The van der Waals surface area contributed by atoms with Crippen LogP contribution in [0.2, 0.25) is 0 Å². The standard InChI is InChI=1S/C10H16N2O3/c1-6(2)14-8(13)7-11-9(15-12-7)10(3,4)5/h6H,1-5H3. The summed E-state index contributed by atoms with van der Waals surface area (Å²) in [6.45, 7) is 9.32. The van der Waals surface area contributed by atoms with Crippen LogP contribution in [0.1, 0.15) is 51.1 Å². The highest BCUT2D eigenvalue weighted by Crippen LogP contribution is 2.19. The first kappa shape index (κ1) is 11.7. The molecule has 1 aromatic heterocycles. The molecule has 0 radical (unpaired) electrons. The van der Waals surface area contributed by atoms with Crippen LogP contribution < -0.4 is 0 Å². The molecule has 0 aliphatic carbocycles. The summed E-state index contributed by atoms with van der Waals surface area (Å²) < 4.78 is 9.91. The SMILES string of the molecule is CC(C)OC(=O)c1noc(C(C)(C)C)n1. The molecule has 0 saturated heterocycles. The van der Waals surface area contributed by atoms with Crippen molar-refractivity contribution in [2.75, 3.05) is 0 Å². The molecule has 0 amide bonds. The maximum atomic E-state index is 11.4. The molecular weight excluding hydrogens is 196 g/mol. The molecule has 1 aromatic rings. The molecule has 0 aliphatic rings. The lowest BCUT2D eigenvalue weighted by atomic mass is 9.97. The highest BCUT2D eigenvalue weighted by atomic mass is 16.5. The number of rotatable bonds is 2. The average Bonchev–Trinajstić information content (AvgIpc) is 2.48. The third-order valence-corrected chi connectivity index (χ3v) is 1.59. The van der Waals surface area contributed by atoms with E-state index in [4.69, 9.17) is 9.26 Å². The van der Waals surface area contributed by atoms with Crippen LogP contribution in [0.4, 0.5) is 0 Å².